The molecule has 0 radical (unpaired) electrons. The largest absolute Gasteiger partial charge is 0.282 e. The number of rotatable bonds is 2. The number of nitrogens with zero attached hydrogens (tertiary/aromatic N) is 1. The van der Waals surface area contributed by atoms with Crippen LogP contribution in [0.3, 0.4) is 0 Å². The third kappa shape index (κ3) is 2.01. The first-order valence-corrected chi connectivity index (χ1v) is 3.58. The minimum Gasteiger partial charge on any atom is -0.282 e. The summed E-state index contributed by atoms with van der Waals surface area (Å²) in [5.41, 5.74) is 1.13. The molecule has 0 amide bonds. The predicted molar refractivity (Wildman–Crippen MR) is 40.4 cm³/mol. The van der Waals surface area contributed by atoms with Crippen LogP contribution in [0.1, 0.15) is 5.69 Å². The number of aromatic nitrogens is 2. The van der Waals surface area contributed by atoms with Gasteiger partial charge in [0.1, 0.15) is 0 Å². The number of nitrogens with one attached hydrogen (secondary N) is 1. The van der Waals surface area contributed by atoms with Gasteiger partial charge in [-0.05, 0) is 11.1 Å². The Balaban J connectivity index is 2.48. The number of hydrogen-bond donors (Lipinski definition) is 1. The first-order chi connectivity index (χ1) is 4.43. The summed E-state index contributed by atoms with van der Waals surface area (Å²) >= 11 is 3.18. The van der Waals surface area contributed by atoms with Crippen LogP contribution in [0, 0.1) is 0 Å². The lowest BCUT2D eigenvalue weighted by molar-refractivity contribution is 1.01. The van der Waals surface area contributed by atoms with Gasteiger partial charge in [0.25, 0.3) is 0 Å². The molecule has 1 heterocycles. The molecule has 0 bridgehead atoms. The lowest BCUT2D eigenvalue weighted by Crippen LogP contribution is -1.78. The van der Waals surface area contributed by atoms with E-state index in [4.69, 9.17) is 0 Å². The smallest absolute Gasteiger partial charge is 0.0490 e. The zero-order valence-electron chi connectivity index (χ0n) is 4.84. The monoisotopic (exact) mass is 186 g/mol. The Morgan fingerprint density at radius 3 is 3.22 bits per heavy atom. The summed E-state index contributed by atoms with van der Waals surface area (Å²) < 4.78 is 0. The van der Waals surface area contributed by atoms with Crippen LogP contribution in [0.15, 0.2) is 23.3 Å². The fourth-order valence-electron chi connectivity index (χ4n) is 0.570. The van der Waals surface area contributed by atoms with E-state index in [0.29, 0.717) is 0 Å². The molecule has 0 unspecified atom stereocenters. The molecule has 0 saturated carbocycles. The molecule has 0 atom stereocenters. The van der Waals surface area contributed by atoms with Crippen LogP contribution in [0.2, 0.25) is 0 Å². The van der Waals surface area contributed by atoms with E-state index in [1.807, 2.05) is 17.1 Å². The Morgan fingerprint density at radius 1 is 1.78 bits per heavy atom. The minimum absolute atomic E-state index is 0.908. The molecule has 0 aliphatic rings. The molecule has 3 heteroatoms. The van der Waals surface area contributed by atoms with E-state index in [2.05, 4.69) is 26.1 Å². The van der Waals surface area contributed by atoms with Crippen LogP contribution < -0.4 is 0 Å². The van der Waals surface area contributed by atoms with E-state index in [1.54, 1.807) is 6.20 Å². The van der Waals surface area contributed by atoms with Crippen molar-refractivity contribution in [2.24, 2.45) is 0 Å². The SMILES string of the molecule is BrC=CCc1ccn[nH]1. The molecular formula is C6H7BrN2. The van der Waals surface area contributed by atoms with E-state index in [0.717, 1.165) is 12.1 Å². The van der Waals surface area contributed by atoms with Crippen molar-refractivity contribution in [1.82, 2.24) is 10.2 Å². The molecule has 0 saturated heterocycles. The zero-order chi connectivity index (χ0) is 6.53. The number of aromatic amines is 1. The van der Waals surface area contributed by atoms with Crippen LogP contribution >= 0.6 is 15.9 Å². The highest BCUT2D eigenvalue weighted by Crippen LogP contribution is 1.94. The van der Waals surface area contributed by atoms with Crippen molar-refractivity contribution < 1.29 is 0 Å². The van der Waals surface area contributed by atoms with Crippen molar-refractivity contribution in [1.29, 1.82) is 0 Å². The van der Waals surface area contributed by atoms with Gasteiger partial charge in [-0.1, -0.05) is 22.0 Å². The molecule has 9 heavy (non-hydrogen) atoms. The lowest BCUT2D eigenvalue weighted by atomic mass is 10.3. The van der Waals surface area contributed by atoms with Gasteiger partial charge < -0.3 is 0 Å². The van der Waals surface area contributed by atoms with Gasteiger partial charge >= 0.3 is 0 Å². The standard InChI is InChI=1S/C6H7BrN2/c7-4-1-2-6-3-5-8-9-6/h1,3-5H,2H2,(H,8,9). The van der Waals surface area contributed by atoms with E-state index >= 15 is 0 Å². The van der Waals surface area contributed by atoms with Crippen LogP contribution in [-0.4, -0.2) is 10.2 Å². The Hall–Kier alpha value is -0.570. The van der Waals surface area contributed by atoms with Crippen LogP contribution in [-0.2, 0) is 6.42 Å². The van der Waals surface area contributed by atoms with E-state index < -0.39 is 0 Å². The molecule has 48 valence electrons. The molecule has 1 aromatic rings. The summed E-state index contributed by atoms with van der Waals surface area (Å²) in [6.07, 6.45) is 4.66. The predicted octanol–water partition coefficient (Wildman–Crippen LogP) is 1.86. The fraction of sp³-hybridized carbons (Fsp3) is 0.167. The van der Waals surface area contributed by atoms with Crippen molar-refractivity contribution in [2.75, 3.05) is 0 Å². The van der Waals surface area contributed by atoms with Gasteiger partial charge in [-0.3, -0.25) is 5.10 Å². The Morgan fingerprint density at radius 2 is 2.67 bits per heavy atom. The van der Waals surface area contributed by atoms with Crippen LogP contribution in [0.25, 0.3) is 0 Å². The van der Waals surface area contributed by atoms with Crippen molar-refractivity contribution in [3.8, 4) is 0 Å². The van der Waals surface area contributed by atoms with Crippen molar-refractivity contribution in [2.45, 2.75) is 6.42 Å². The van der Waals surface area contributed by atoms with E-state index in [-0.39, 0.29) is 0 Å². The second-order valence-electron chi connectivity index (χ2n) is 1.65. The Kier molecular flexibility index (Phi) is 2.51. The molecule has 1 N–H and O–H groups in total. The average molecular weight is 187 g/mol. The highest BCUT2D eigenvalue weighted by molar-refractivity contribution is 9.11. The summed E-state index contributed by atoms with van der Waals surface area (Å²) in [6, 6.07) is 1.95. The van der Waals surface area contributed by atoms with E-state index in [1.165, 1.54) is 0 Å². The first kappa shape index (κ1) is 6.55. The second-order valence-corrected chi connectivity index (χ2v) is 2.18. The molecule has 1 aromatic heterocycles. The fourth-order valence-corrected chi connectivity index (χ4v) is 0.757. The number of halogens is 1. The summed E-state index contributed by atoms with van der Waals surface area (Å²) in [5.74, 6) is 0. The van der Waals surface area contributed by atoms with Gasteiger partial charge in [0.15, 0.2) is 0 Å². The first-order valence-electron chi connectivity index (χ1n) is 2.67. The summed E-state index contributed by atoms with van der Waals surface area (Å²) in [5, 5.41) is 6.65. The maximum Gasteiger partial charge on any atom is 0.0490 e. The normalized spacial score (nSPS) is 10.8. The van der Waals surface area contributed by atoms with Crippen molar-refractivity contribution in [3.63, 3.8) is 0 Å². The third-order valence-electron chi connectivity index (χ3n) is 0.985. The van der Waals surface area contributed by atoms with Crippen LogP contribution in [0.4, 0.5) is 0 Å². The zero-order valence-corrected chi connectivity index (χ0v) is 6.43. The lowest BCUT2D eigenvalue weighted by Gasteiger charge is -1.83. The van der Waals surface area contributed by atoms with Crippen molar-refractivity contribution in [3.05, 3.63) is 29.0 Å². The summed E-state index contributed by atoms with van der Waals surface area (Å²) in [7, 11) is 0. The molecule has 2 nitrogen and oxygen atoms in total. The molecule has 0 spiro atoms. The molecule has 0 fully saturated rings. The Bertz CT molecular complexity index is 179. The van der Waals surface area contributed by atoms with Crippen molar-refractivity contribution >= 4 is 15.9 Å². The highest BCUT2D eigenvalue weighted by atomic mass is 79.9. The van der Waals surface area contributed by atoms with Crippen LogP contribution in [0.5, 0.6) is 0 Å². The highest BCUT2D eigenvalue weighted by Gasteiger charge is 1.85. The van der Waals surface area contributed by atoms with Gasteiger partial charge in [0.2, 0.25) is 0 Å². The number of H-pyrrole nitrogens is 1. The quantitative estimate of drug-likeness (QED) is 0.751. The maximum absolute atomic E-state index is 3.80. The third-order valence-corrected chi connectivity index (χ3v) is 1.36. The molecular weight excluding hydrogens is 180 g/mol. The summed E-state index contributed by atoms with van der Waals surface area (Å²) in [4.78, 5) is 1.84. The molecule has 1 rings (SSSR count). The van der Waals surface area contributed by atoms with Gasteiger partial charge in [-0.25, -0.2) is 0 Å². The average Bonchev–Trinajstić information content (AvgIpc) is 2.34. The Labute approximate surface area is 62.1 Å². The molecule has 0 aliphatic heterocycles. The van der Waals surface area contributed by atoms with Gasteiger partial charge in [0.05, 0.1) is 0 Å². The maximum atomic E-state index is 3.80. The van der Waals surface area contributed by atoms with Gasteiger partial charge in [-0.2, -0.15) is 5.10 Å². The number of allylic oxidation sites excluding steroid dienone is 1. The number of hydrogen-bond acceptors (Lipinski definition) is 1. The van der Waals surface area contributed by atoms with Gasteiger partial charge in [0, 0.05) is 18.3 Å². The minimum atomic E-state index is 0.908. The molecule has 0 aliphatic carbocycles. The molecule has 0 aromatic carbocycles. The second kappa shape index (κ2) is 3.45. The summed E-state index contributed by atoms with van der Waals surface area (Å²) in [6.45, 7) is 0. The van der Waals surface area contributed by atoms with Gasteiger partial charge in [-0.15, -0.1) is 0 Å². The topological polar surface area (TPSA) is 28.7 Å². The van der Waals surface area contributed by atoms with E-state index in [9.17, 15) is 0 Å².